The van der Waals surface area contributed by atoms with Gasteiger partial charge < -0.3 is 19.5 Å². The van der Waals surface area contributed by atoms with Gasteiger partial charge in [0.2, 0.25) is 0 Å². The molecular weight excluding hydrogens is 376 g/mol. The molecule has 3 rings (SSSR count). The maximum atomic E-state index is 12.6. The van der Waals surface area contributed by atoms with E-state index in [-0.39, 0.29) is 5.91 Å². The maximum absolute atomic E-state index is 12.6. The minimum atomic E-state index is -0.211. The highest BCUT2D eigenvalue weighted by molar-refractivity contribution is 7.09. The quantitative estimate of drug-likeness (QED) is 0.629. The molecule has 0 spiro atoms. The van der Waals surface area contributed by atoms with Crippen molar-refractivity contribution in [3.05, 3.63) is 63.6 Å². The van der Waals surface area contributed by atoms with Gasteiger partial charge in [-0.1, -0.05) is 0 Å². The van der Waals surface area contributed by atoms with E-state index in [0.717, 1.165) is 16.3 Å². The normalized spacial score (nSPS) is 10.4. The summed E-state index contributed by atoms with van der Waals surface area (Å²) in [6.07, 6.45) is 0. The van der Waals surface area contributed by atoms with Crippen molar-refractivity contribution in [3.8, 4) is 17.2 Å². The number of ether oxygens (including phenoxy) is 3. The van der Waals surface area contributed by atoms with E-state index < -0.39 is 0 Å². The third-order valence-electron chi connectivity index (χ3n) is 4.15. The van der Waals surface area contributed by atoms with Gasteiger partial charge in [0.1, 0.15) is 12.4 Å². The molecule has 0 radical (unpaired) electrons. The van der Waals surface area contributed by atoms with Gasteiger partial charge >= 0.3 is 0 Å². The van der Waals surface area contributed by atoms with Crippen LogP contribution in [0.3, 0.4) is 0 Å². The fraction of sp³-hybridized carbons (Fsp3) is 0.238. The summed E-state index contributed by atoms with van der Waals surface area (Å²) < 4.78 is 16.3. The van der Waals surface area contributed by atoms with Crippen molar-refractivity contribution < 1.29 is 19.0 Å². The van der Waals surface area contributed by atoms with Crippen molar-refractivity contribution in [2.45, 2.75) is 20.5 Å². The second-order valence-corrected chi connectivity index (χ2v) is 7.21. The smallest absolute Gasteiger partial charge is 0.255 e. The Labute approximate surface area is 168 Å². The number of nitrogens with one attached hydrogen (secondary N) is 1. The zero-order valence-corrected chi connectivity index (χ0v) is 17.1. The molecule has 0 aliphatic rings. The predicted molar refractivity (Wildman–Crippen MR) is 110 cm³/mol. The van der Waals surface area contributed by atoms with Gasteiger partial charge in [-0.25, -0.2) is 4.98 Å². The summed E-state index contributed by atoms with van der Waals surface area (Å²) in [5.41, 5.74) is 2.98. The Kier molecular flexibility index (Phi) is 6.16. The van der Waals surface area contributed by atoms with Crippen LogP contribution in [0.1, 0.15) is 26.6 Å². The summed E-state index contributed by atoms with van der Waals surface area (Å²) in [5, 5.41) is 5.89. The Morgan fingerprint density at radius 1 is 1.07 bits per heavy atom. The summed E-state index contributed by atoms with van der Waals surface area (Å²) >= 11 is 1.59. The largest absolute Gasteiger partial charge is 0.493 e. The molecule has 6 nitrogen and oxygen atoms in total. The molecule has 0 aliphatic carbocycles. The SMILES string of the molecule is COc1cc(C)c(NC(=O)c2ccc(OCc3csc(C)n3)cc2)cc1OC. The molecule has 0 saturated carbocycles. The number of aryl methyl sites for hydroxylation is 2. The number of hydrogen-bond acceptors (Lipinski definition) is 6. The van der Waals surface area contributed by atoms with Crippen LogP contribution in [-0.2, 0) is 6.61 Å². The predicted octanol–water partition coefficient (Wildman–Crippen LogP) is 4.61. The molecule has 0 saturated heterocycles. The monoisotopic (exact) mass is 398 g/mol. The van der Waals surface area contributed by atoms with E-state index in [1.165, 1.54) is 0 Å². The molecule has 0 fully saturated rings. The van der Waals surface area contributed by atoms with Crippen LogP contribution in [0.4, 0.5) is 5.69 Å². The van der Waals surface area contributed by atoms with Crippen molar-refractivity contribution in [1.29, 1.82) is 0 Å². The Bertz CT molecular complexity index is 967. The van der Waals surface area contributed by atoms with E-state index in [2.05, 4.69) is 10.3 Å². The van der Waals surface area contributed by atoms with Crippen LogP contribution in [0.25, 0.3) is 0 Å². The summed E-state index contributed by atoms with van der Waals surface area (Å²) in [7, 11) is 3.14. The average Bonchev–Trinajstić information content (AvgIpc) is 3.13. The number of anilines is 1. The lowest BCUT2D eigenvalue weighted by Gasteiger charge is -2.14. The number of aromatic nitrogens is 1. The Balaban J connectivity index is 1.66. The van der Waals surface area contributed by atoms with Crippen molar-refractivity contribution in [1.82, 2.24) is 4.98 Å². The molecule has 1 N–H and O–H groups in total. The summed E-state index contributed by atoms with van der Waals surface area (Å²) in [5.74, 6) is 1.65. The first-order valence-corrected chi connectivity index (χ1v) is 9.56. The summed E-state index contributed by atoms with van der Waals surface area (Å²) in [6, 6.07) is 10.6. The highest BCUT2D eigenvalue weighted by Gasteiger charge is 2.12. The standard InChI is InChI=1S/C21H22N2O4S/c1-13-9-19(25-3)20(26-4)10-18(13)23-21(24)15-5-7-17(8-6-15)27-11-16-12-28-14(2)22-16/h5-10,12H,11H2,1-4H3,(H,23,24). The molecule has 2 aromatic carbocycles. The molecule has 0 aliphatic heterocycles. The lowest BCUT2D eigenvalue weighted by atomic mass is 10.1. The molecule has 3 aromatic rings. The van der Waals surface area contributed by atoms with Gasteiger partial charge in [-0.05, 0) is 49.7 Å². The van der Waals surface area contributed by atoms with Crippen molar-refractivity contribution >= 4 is 22.9 Å². The topological polar surface area (TPSA) is 69.7 Å². The lowest BCUT2D eigenvalue weighted by molar-refractivity contribution is 0.102. The van der Waals surface area contributed by atoms with Gasteiger partial charge in [-0.15, -0.1) is 11.3 Å². The van der Waals surface area contributed by atoms with Crippen molar-refractivity contribution in [3.63, 3.8) is 0 Å². The van der Waals surface area contributed by atoms with Crippen LogP contribution in [-0.4, -0.2) is 25.1 Å². The van der Waals surface area contributed by atoms with Crippen molar-refractivity contribution in [2.24, 2.45) is 0 Å². The van der Waals surface area contributed by atoms with Crippen LogP contribution in [0.2, 0.25) is 0 Å². The number of carbonyl (C=O) groups excluding carboxylic acids is 1. The number of methoxy groups -OCH3 is 2. The number of amides is 1. The first-order chi connectivity index (χ1) is 13.5. The van der Waals surface area contributed by atoms with Crippen LogP contribution < -0.4 is 19.5 Å². The minimum Gasteiger partial charge on any atom is -0.493 e. The van der Waals surface area contributed by atoms with E-state index in [4.69, 9.17) is 14.2 Å². The summed E-state index contributed by atoms with van der Waals surface area (Å²) in [4.78, 5) is 16.9. The second-order valence-electron chi connectivity index (χ2n) is 6.15. The van der Waals surface area contributed by atoms with Gasteiger partial charge in [0, 0.05) is 22.7 Å². The Morgan fingerprint density at radius 2 is 1.75 bits per heavy atom. The molecule has 28 heavy (non-hydrogen) atoms. The highest BCUT2D eigenvalue weighted by atomic mass is 32.1. The molecule has 1 aromatic heterocycles. The second kappa shape index (κ2) is 8.75. The zero-order chi connectivity index (χ0) is 20.1. The molecule has 146 valence electrons. The van der Waals surface area contributed by atoms with Crippen LogP contribution >= 0.6 is 11.3 Å². The number of nitrogens with zero attached hydrogens (tertiary/aromatic N) is 1. The number of carbonyl (C=O) groups is 1. The van der Waals surface area contributed by atoms with Gasteiger partial charge in [0.15, 0.2) is 11.5 Å². The molecule has 0 unspecified atom stereocenters. The highest BCUT2D eigenvalue weighted by Crippen LogP contribution is 2.33. The molecule has 1 heterocycles. The van der Waals surface area contributed by atoms with E-state index in [9.17, 15) is 4.79 Å². The van der Waals surface area contributed by atoms with Gasteiger partial charge in [-0.2, -0.15) is 0 Å². The third-order valence-corrected chi connectivity index (χ3v) is 4.97. The third kappa shape index (κ3) is 4.61. The Hall–Kier alpha value is -3.06. The van der Waals surface area contributed by atoms with E-state index >= 15 is 0 Å². The fourth-order valence-corrected chi connectivity index (χ4v) is 3.24. The number of benzene rings is 2. The van der Waals surface area contributed by atoms with Crippen molar-refractivity contribution in [2.75, 3.05) is 19.5 Å². The zero-order valence-electron chi connectivity index (χ0n) is 16.2. The van der Waals surface area contributed by atoms with Crippen LogP contribution in [0.5, 0.6) is 17.2 Å². The fourth-order valence-electron chi connectivity index (χ4n) is 2.64. The molecule has 7 heteroatoms. The first-order valence-electron chi connectivity index (χ1n) is 8.68. The molecule has 1 amide bonds. The lowest BCUT2D eigenvalue weighted by Crippen LogP contribution is -2.13. The Morgan fingerprint density at radius 3 is 2.36 bits per heavy atom. The minimum absolute atomic E-state index is 0.211. The summed E-state index contributed by atoms with van der Waals surface area (Å²) in [6.45, 7) is 4.26. The number of thiazole rings is 1. The van der Waals surface area contributed by atoms with E-state index in [1.54, 1.807) is 55.9 Å². The van der Waals surface area contributed by atoms with Crippen LogP contribution in [0, 0.1) is 13.8 Å². The number of rotatable bonds is 7. The molecule has 0 bridgehead atoms. The van der Waals surface area contributed by atoms with E-state index in [0.29, 0.717) is 35.1 Å². The maximum Gasteiger partial charge on any atom is 0.255 e. The molecular formula is C21H22N2O4S. The average molecular weight is 398 g/mol. The van der Waals surface area contributed by atoms with Gasteiger partial charge in [0.25, 0.3) is 5.91 Å². The first kappa shape index (κ1) is 19.7. The number of hydrogen-bond donors (Lipinski definition) is 1. The van der Waals surface area contributed by atoms with E-state index in [1.807, 2.05) is 25.3 Å². The van der Waals surface area contributed by atoms with Gasteiger partial charge in [-0.3, -0.25) is 4.79 Å². The van der Waals surface area contributed by atoms with Crippen LogP contribution in [0.15, 0.2) is 41.8 Å². The van der Waals surface area contributed by atoms with Gasteiger partial charge in [0.05, 0.1) is 24.9 Å². The molecule has 0 atom stereocenters.